The number of hydrogen-bond donors (Lipinski definition) is 0. The Morgan fingerprint density at radius 1 is 1.21 bits per heavy atom. The fraction of sp³-hybridized carbons (Fsp3) is 0.143. The number of rotatable bonds is 3. The average molecular weight is 293 g/mol. The van der Waals surface area contributed by atoms with Crippen LogP contribution in [0.1, 0.15) is 5.56 Å². The van der Waals surface area contributed by atoms with Crippen molar-refractivity contribution >= 4 is 23.2 Å². The van der Waals surface area contributed by atoms with E-state index in [0.717, 1.165) is 5.56 Å². The van der Waals surface area contributed by atoms with Crippen molar-refractivity contribution in [2.45, 2.75) is 6.42 Å². The summed E-state index contributed by atoms with van der Waals surface area (Å²) in [5.41, 5.74) is 2.09. The van der Waals surface area contributed by atoms with Crippen LogP contribution in [0.2, 0.25) is 10.0 Å². The predicted molar refractivity (Wildman–Crippen MR) is 75.6 cm³/mol. The first kappa shape index (κ1) is 13.7. The maximum Gasteiger partial charge on any atom is 0.221 e. The van der Waals surface area contributed by atoms with E-state index >= 15 is 0 Å². The standard InChI is InChI=1S/C14H10Cl2N2O/c1-19-14-12(9(5-7-17)6-8-18-14)13-10(15)3-2-4-11(13)16/h2-4,6,8H,5H2,1H3. The van der Waals surface area contributed by atoms with Gasteiger partial charge in [0.15, 0.2) is 0 Å². The van der Waals surface area contributed by atoms with E-state index in [-0.39, 0.29) is 6.42 Å². The molecule has 2 aromatic rings. The fourth-order valence-electron chi connectivity index (χ4n) is 1.87. The van der Waals surface area contributed by atoms with E-state index in [4.69, 9.17) is 33.2 Å². The lowest BCUT2D eigenvalue weighted by molar-refractivity contribution is 0.399. The molecule has 0 amide bonds. The Morgan fingerprint density at radius 2 is 1.89 bits per heavy atom. The second-order valence-electron chi connectivity index (χ2n) is 3.79. The van der Waals surface area contributed by atoms with Crippen molar-refractivity contribution in [1.82, 2.24) is 4.98 Å². The highest BCUT2D eigenvalue weighted by atomic mass is 35.5. The Labute approximate surface area is 121 Å². The van der Waals surface area contributed by atoms with Crippen molar-refractivity contribution < 1.29 is 4.74 Å². The molecule has 1 aromatic heterocycles. The molecule has 5 heteroatoms. The minimum absolute atomic E-state index is 0.232. The summed E-state index contributed by atoms with van der Waals surface area (Å²) in [6.45, 7) is 0. The average Bonchev–Trinajstić information content (AvgIpc) is 2.40. The normalized spacial score (nSPS) is 10.0. The number of ether oxygens (including phenoxy) is 1. The first-order valence-electron chi connectivity index (χ1n) is 5.52. The molecule has 0 aliphatic rings. The second-order valence-corrected chi connectivity index (χ2v) is 4.60. The van der Waals surface area contributed by atoms with Gasteiger partial charge in [-0.3, -0.25) is 0 Å². The summed E-state index contributed by atoms with van der Waals surface area (Å²) in [6, 6.07) is 9.13. The number of pyridine rings is 1. The van der Waals surface area contributed by atoms with Gasteiger partial charge in [0.05, 0.1) is 35.2 Å². The first-order chi connectivity index (χ1) is 9.19. The van der Waals surface area contributed by atoms with E-state index in [1.54, 1.807) is 30.5 Å². The van der Waals surface area contributed by atoms with Gasteiger partial charge in [-0.25, -0.2) is 4.98 Å². The molecule has 2 rings (SSSR count). The first-order valence-corrected chi connectivity index (χ1v) is 6.27. The quantitative estimate of drug-likeness (QED) is 0.854. The minimum atomic E-state index is 0.232. The Bertz CT molecular complexity index is 630. The molecule has 3 nitrogen and oxygen atoms in total. The highest BCUT2D eigenvalue weighted by Gasteiger charge is 2.18. The predicted octanol–water partition coefficient (Wildman–Crippen LogP) is 4.13. The molecule has 0 spiro atoms. The molecule has 0 aliphatic carbocycles. The molecule has 0 aliphatic heterocycles. The largest absolute Gasteiger partial charge is 0.481 e. The molecular weight excluding hydrogens is 283 g/mol. The van der Waals surface area contributed by atoms with Crippen molar-refractivity contribution in [1.29, 1.82) is 5.26 Å². The number of nitriles is 1. The van der Waals surface area contributed by atoms with Gasteiger partial charge in [0.25, 0.3) is 0 Å². The van der Waals surface area contributed by atoms with Gasteiger partial charge in [-0.05, 0) is 23.8 Å². The van der Waals surface area contributed by atoms with Crippen molar-refractivity contribution in [2.75, 3.05) is 7.11 Å². The van der Waals surface area contributed by atoms with Gasteiger partial charge in [0, 0.05) is 11.8 Å². The molecule has 0 atom stereocenters. The molecule has 1 aromatic carbocycles. The van der Waals surface area contributed by atoms with Crippen LogP contribution in [-0.4, -0.2) is 12.1 Å². The van der Waals surface area contributed by atoms with Gasteiger partial charge in [-0.2, -0.15) is 5.26 Å². The van der Waals surface area contributed by atoms with E-state index in [1.165, 1.54) is 7.11 Å². The topological polar surface area (TPSA) is 45.9 Å². The van der Waals surface area contributed by atoms with Gasteiger partial charge >= 0.3 is 0 Å². The van der Waals surface area contributed by atoms with Gasteiger partial charge < -0.3 is 4.74 Å². The lowest BCUT2D eigenvalue weighted by atomic mass is 9.99. The number of aromatic nitrogens is 1. The van der Waals surface area contributed by atoms with E-state index < -0.39 is 0 Å². The van der Waals surface area contributed by atoms with Crippen molar-refractivity contribution in [3.63, 3.8) is 0 Å². The number of nitrogens with zero attached hydrogens (tertiary/aromatic N) is 2. The Kier molecular flexibility index (Phi) is 4.26. The molecule has 0 unspecified atom stereocenters. The van der Waals surface area contributed by atoms with Crippen molar-refractivity contribution in [3.8, 4) is 23.1 Å². The lowest BCUT2D eigenvalue weighted by Gasteiger charge is -2.14. The summed E-state index contributed by atoms with van der Waals surface area (Å²) in [5.74, 6) is 0.405. The summed E-state index contributed by atoms with van der Waals surface area (Å²) in [4.78, 5) is 4.15. The molecule has 1 heterocycles. The number of benzene rings is 1. The van der Waals surface area contributed by atoms with Crippen molar-refractivity contribution in [2.24, 2.45) is 0 Å². The van der Waals surface area contributed by atoms with Crippen LogP contribution in [0.15, 0.2) is 30.5 Å². The Morgan fingerprint density at radius 3 is 2.47 bits per heavy atom. The summed E-state index contributed by atoms with van der Waals surface area (Å²) < 4.78 is 5.26. The van der Waals surface area contributed by atoms with E-state index in [2.05, 4.69) is 11.1 Å². The molecule has 0 N–H and O–H groups in total. The molecule has 19 heavy (non-hydrogen) atoms. The van der Waals surface area contributed by atoms with Gasteiger partial charge in [0.1, 0.15) is 0 Å². The van der Waals surface area contributed by atoms with Crippen LogP contribution >= 0.6 is 23.2 Å². The fourth-order valence-corrected chi connectivity index (χ4v) is 2.46. The zero-order valence-corrected chi connectivity index (χ0v) is 11.7. The van der Waals surface area contributed by atoms with Crippen LogP contribution in [0.3, 0.4) is 0 Å². The van der Waals surface area contributed by atoms with E-state index in [1.807, 2.05) is 0 Å². The molecule has 0 fully saturated rings. The molecule has 0 saturated carbocycles. The van der Waals surface area contributed by atoms with Crippen LogP contribution in [-0.2, 0) is 6.42 Å². The van der Waals surface area contributed by atoms with Crippen molar-refractivity contribution in [3.05, 3.63) is 46.1 Å². The maximum absolute atomic E-state index is 8.92. The highest BCUT2D eigenvalue weighted by molar-refractivity contribution is 6.39. The number of halogens is 2. The minimum Gasteiger partial charge on any atom is -0.481 e. The third-order valence-corrected chi connectivity index (χ3v) is 3.31. The second kappa shape index (κ2) is 5.92. The maximum atomic E-state index is 8.92. The Hall–Kier alpha value is -1.76. The smallest absolute Gasteiger partial charge is 0.221 e. The zero-order chi connectivity index (χ0) is 13.8. The third-order valence-electron chi connectivity index (χ3n) is 2.68. The Balaban J connectivity index is 2.76. The van der Waals surface area contributed by atoms with E-state index in [0.29, 0.717) is 27.1 Å². The monoisotopic (exact) mass is 292 g/mol. The number of hydrogen-bond acceptors (Lipinski definition) is 3. The van der Waals surface area contributed by atoms with Crippen LogP contribution < -0.4 is 4.74 Å². The molecule has 0 bridgehead atoms. The summed E-state index contributed by atoms with van der Waals surface area (Å²) >= 11 is 12.4. The van der Waals surface area contributed by atoms with Crippen LogP contribution in [0.4, 0.5) is 0 Å². The molecule has 0 saturated heterocycles. The molecule has 96 valence electrons. The third kappa shape index (κ3) is 2.65. The lowest BCUT2D eigenvalue weighted by Crippen LogP contribution is -1.97. The summed E-state index contributed by atoms with van der Waals surface area (Å²) in [6.07, 6.45) is 1.83. The molecule has 0 radical (unpaired) electrons. The van der Waals surface area contributed by atoms with Crippen LogP contribution in [0.25, 0.3) is 11.1 Å². The van der Waals surface area contributed by atoms with Gasteiger partial charge in [0.2, 0.25) is 5.88 Å². The SMILES string of the molecule is COc1nccc(CC#N)c1-c1c(Cl)cccc1Cl. The zero-order valence-electron chi connectivity index (χ0n) is 10.2. The van der Waals surface area contributed by atoms with E-state index in [9.17, 15) is 0 Å². The number of methoxy groups -OCH3 is 1. The van der Waals surface area contributed by atoms with Gasteiger partial charge in [-0.15, -0.1) is 0 Å². The highest BCUT2D eigenvalue weighted by Crippen LogP contribution is 2.40. The summed E-state index contributed by atoms with van der Waals surface area (Å²) in [7, 11) is 1.52. The molecular formula is C14H10Cl2N2O. The summed E-state index contributed by atoms with van der Waals surface area (Å²) in [5, 5.41) is 9.91. The van der Waals surface area contributed by atoms with Gasteiger partial charge in [-0.1, -0.05) is 29.3 Å². The van der Waals surface area contributed by atoms with Crippen LogP contribution in [0, 0.1) is 11.3 Å². The van der Waals surface area contributed by atoms with Crippen LogP contribution in [0.5, 0.6) is 5.88 Å².